The molecule has 2 saturated carbocycles. The summed E-state index contributed by atoms with van der Waals surface area (Å²) >= 11 is 0. The quantitative estimate of drug-likeness (QED) is 0.371. The smallest absolute Gasteiger partial charge is 0.191 e. The summed E-state index contributed by atoms with van der Waals surface area (Å²) in [4.78, 5) is 6.94. The zero-order chi connectivity index (χ0) is 16.3. The van der Waals surface area contributed by atoms with E-state index in [4.69, 9.17) is 4.74 Å². The Morgan fingerprint density at radius 3 is 2.38 bits per heavy atom. The number of rotatable bonds is 6. The third-order valence-corrected chi connectivity index (χ3v) is 6.18. The minimum atomic E-state index is 0. The van der Waals surface area contributed by atoms with Crippen LogP contribution in [0.3, 0.4) is 0 Å². The second-order valence-corrected chi connectivity index (χ2v) is 8.18. The maximum absolute atomic E-state index is 5.47. The average Bonchev–Trinajstić information content (AvgIpc) is 3.35. The molecule has 24 heavy (non-hydrogen) atoms. The highest BCUT2D eigenvalue weighted by molar-refractivity contribution is 14.0. The van der Waals surface area contributed by atoms with Crippen molar-refractivity contribution < 1.29 is 4.74 Å². The zero-order valence-corrected chi connectivity index (χ0v) is 17.9. The molecule has 2 aliphatic carbocycles. The minimum Gasteiger partial charge on any atom is -0.379 e. The third kappa shape index (κ3) is 4.75. The van der Waals surface area contributed by atoms with Crippen LogP contribution >= 0.6 is 24.0 Å². The predicted octanol–water partition coefficient (Wildman–Crippen LogP) is 2.46. The van der Waals surface area contributed by atoms with Crippen molar-refractivity contribution in [1.29, 1.82) is 0 Å². The fourth-order valence-electron chi connectivity index (χ4n) is 4.12. The Balaban J connectivity index is 0.00000208. The Bertz CT molecular complexity index is 427. The van der Waals surface area contributed by atoms with Gasteiger partial charge in [0.2, 0.25) is 0 Å². The molecule has 1 aliphatic heterocycles. The van der Waals surface area contributed by atoms with Crippen LogP contribution in [-0.2, 0) is 4.74 Å². The Labute approximate surface area is 164 Å². The summed E-state index contributed by atoms with van der Waals surface area (Å²) in [7, 11) is 1.88. The highest BCUT2D eigenvalue weighted by Gasteiger charge is 2.48. The second-order valence-electron chi connectivity index (χ2n) is 8.18. The molecule has 1 heterocycles. The molecule has 3 fully saturated rings. The van der Waals surface area contributed by atoms with E-state index in [-0.39, 0.29) is 29.5 Å². The molecule has 5 nitrogen and oxygen atoms in total. The molecule has 0 radical (unpaired) electrons. The van der Waals surface area contributed by atoms with Crippen LogP contribution in [0.25, 0.3) is 0 Å². The molecule has 0 atom stereocenters. The number of nitrogens with zero attached hydrogens (tertiary/aromatic N) is 2. The van der Waals surface area contributed by atoms with E-state index in [1.165, 1.54) is 32.1 Å². The van der Waals surface area contributed by atoms with E-state index < -0.39 is 0 Å². The average molecular weight is 450 g/mol. The van der Waals surface area contributed by atoms with Crippen LogP contribution in [0.4, 0.5) is 0 Å². The molecule has 1 saturated heterocycles. The van der Waals surface area contributed by atoms with Crippen LogP contribution in [0.15, 0.2) is 4.99 Å². The molecule has 3 aliphatic rings. The highest BCUT2D eigenvalue weighted by Crippen LogP contribution is 2.56. The largest absolute Gasteiger partial charge is 0.379 e. The molecular weight excluding hydrogens is 415 g/mol. The van der Waals surface area contributed by atoms with Crippen LogP contribution in [0.5, 0.6) is 0 Å². The molecule has 0 aromatic carbocycles. The molecular formula is C18H35IN4O. The van der Waals surface area contributed by atoms with Gasteiger partial charge in [-0.3, -0.25) is 9.89 Å². The lowest BCUT2D eigenvalue weighted by Crippen LogP contribution is -2.57. The SMILES string of the molecule is CN=C(NCC1(C2CC2)CCC1)NCC(C)(C)N1CCOCC1.I. The van der Waals surface area contributed by atoms with E-state index in [1.54, 1.807) is 0 Å². The second kappa shape index (κ2) is 8.54. The van der Waals surface area contributed by atoms with Crippen LogP contribution in [0.2, 0.25) is 0 Å². The first kappa shape index (κ1) is 20.2. The molecule has 6 heteroatoms. The minimum absolute atomic E-state index is 0. The van der Waals surface area contributed by atoms with Crippen LogP contribution < -0.4 is 10.6 Å². The Morgan fingerprint density at radius 1 is 1.21 bits per heavy atom. The number of hydrogen-bond donors (Lipinski definition) is 2. The Kier molecular flexibility index (Phi) is 7.20. The summed E-state index contributed by atoms with van der Waals surface area (Å²) in [5.41, 5.74) is 0.698. The summed E-state index contributed by atoms with van der Waals surface area (Å²) in [5, 5.41) is 7.15. The van der Waals surface area contributed by atoms with Crippen molar-refractivity contribution in [2.75, 3.05) is 46.4 Å². The number of hydrogen-bond acceptors (Lipinski definition) is 3. The van der Waals surface area contributed by atoms with Crippen LogP contribution in [0, 0.1) is 11.3 Å². The monoisotopic (exact) mass is 450 g/mol. The van der Waals surface area contributed by atoms with Gasteiger partial charge in [0.15, 0.2) is 5.96 Å². The van der Waals surface area contributed by atoms with Crippen molar-refractivity contribution in [3.63, 3.8) is 0 Å². The van der Waals surface area contributed by atoms with Crippen LogP contribution in [0.1, 0.15) is 46.0 Å². The van der Waals surface area contributed by atoms with Gasteiger partial charge in [0, 0.05) is 38.8 Å². The number of ether oxygens (including phenoxy) is 1. The number of halogens is 1. The third-order valence-electron chi connectivity index (χ3n) is 6.18. The van der Waals surface area contributed by atoms with E-state index >= 15 is 0 Å². The lowest BCUT2D eigenvalue weighted by molar-refractivity contribution is -0.00837. The van der Waals surface area contributed by atoms with Gasteiger partial charge in [-0.15, -0.1) is 24.0 Å². The van der Waals surface area contributed by atoms with Gasteiger partial charge in [0.1, 0.15) is 0 Å². The molecule has 140 valence electrons. The van der Waals surface area contributed by atoms with Crippen molar-refractivity contribution in [2.45, 2.75) is 51.5 Å². The fourth-order valence-corrected chi connectivity index (χ4v) is 4.12. The van der Waals surface area contributed by atoms with E-state index in [0.29, 0.717) is 5.41 Å². The molecule has 0 bridgehead atoms. The summed E-state index contributed by atoms with van der Waals surface area (Å²) < 4.78 is 5.47. The molecule has 2 N–H and O–H groups in total. The van der Waals surface area contributed by atoms with Gasteiger partial charge in [0.05, 0.1) is 13.2 Å². The first-order valence-electron chi connectivity index (χ1n) is 9.33. The summed E-state index contributed by atoms with van der Waals surface area (Å²) in [6.45, 7) is 10.3. The van der Waals surface area contributed by atoms with Gasteiger partial charge < -0.3 is 15.4 Å². The van der Waals surface area contributed by atoms with Crippen molar-refractivity contribution in [3.05, 3.63) is 0 Å². The molecule has 0 amide bonds. The van der Waals surface area contributed by atoms with Crippen molar-refractivity contribution in [3.8, 4) is 0 Å². The standard InChI is InChI=1S/C18H34N4O.HI/c1-17(2,22-9-11-23-12-10-22)13-20-16(19-3)21-14-18(7-4-8-18)15-5-6-15;/h15H,4-14H2,1-3H3,(H2,19,20,21);1H. The molecule has 3 rings (SSSR count). The first-order chi connectivity index (χ1) is 11.1. The van der Waals surface area contributed by atoms with E-state index in [0.717, 1.165) is 51.3 Å². The molecule has 0 aromatic heterocycles. The Morgan fingerprint density at radius 2 is 1.88 bits per heavy atom. The number of morpholine rings is 1. The molecule has 0 aromatic rings. The maximum atomic E-state index is 5.47. The van der Waals surface area contributed by atoms with Gasteiger partial charge in [-0.1, -0.05) is 6.42 Å². The van der Waals surface area contributed by atoms with Crippen molar-refractivity contribution >= 4 is 29.9 Å². The Hall–Kier alpha value is -0.0800. The molecule has 0 unspecified atom stereocenters. The number of aliphatic imine (C=N–C) groups is 1. The van der Waals surface area contributed by atoms with Crippen molar-refractivity contribution in [2.24, 2.45) is 16.3 Å². The summed E-state index contributed by atoms with van der Waals surface area (Å²) in [6.07, 6.45) is 7.10. The number of nitrogens with one attached hydrogen (secondary N) is 2. The van der Waals surface area contributed by atoms with Gasteiger partial charge >= 0.3 is 0 Å². The van der Waals surface area contributed by atoms with Crippen LogP contribution in [-0.4, -0.2) is 62.8 Å². The van der Waals surface area contributed by atoms with E-state index in [1.807, 2.05) is 7.05 Å². The normalized spacial score (nSPS) is 24.7. The van der Waals surface area contributed by atoms with Crippen molar-refractivity contribution in [1.82, 2.24) is 15.5 Å². The first-order valence-corrected chi connectivity index (χ1v) is 9.33. The van der Waals surface area contributed by atoms with E-state index in [9.17, 15) is 0 Å². The lowest BCUT2D eigenvalue weighted by atomic mass is 9.65. The van der Waals surface area contributed by atoms with E-state index in [2.05, 4.69) is 34.4 Å². The lowest BCUT2D eigenvalue weighted by Gasteiger charge is -2.43. The predicted molar refractivity (Wildman–Crippen MR) is 110 cm³/mol. The fraction of sp³-hybridized carbons (Fsp3) is 0.944. The zero-order valence-electron chi connectivity index (χ0n) is 15.6. The van der Waals surface area contributed by atoms with Gasteiger partial charge in [-0.2, -0.15) is 0 Å². The summed E-state index contributed by atoms with van der Waals surface area (Å²) in [6, 6.07) is 0. The molecule has 0 spiro atoms. The number of guanidine groups is 1. The van der Waals surface area contributed by atoms with Gasteiger partial charge in [-0.05, 0) is 50.9 Å². The maximum Gasteiger partial charge on any atom is 0.191 e. The van der Waals surface area contributed by atoms with Gasteiger partial charge in [-0.25, -0.2) is 0 Å². The van der Waals surface area contributed by atoms with Gasteiger partial charge in [0.25, 0.3) is 0 Å². The highest BCUT2D eigenvalue weighted by atomic mass is 127. The topological polar surface area (TPSA) is 48.9 Å². The summed E-state index contributed by atoms with van der Waals surface area (Å²) in [5.74, 6) is 1.94.